The number of esters is 1. The number of nitrogens with zero attached hydrogens (tertiary/aromatic N) is 3. The van der Waals surface area contributed by atoms with Crippen molar-refractivity contribution in [3.8, 4) is 17.2 Å². The Hall–Kier alpha value is -4.06. The van der Waals surface area contributed by atoms with Gasteiger partial charge in [-0.2, -0.15) is 20.7 Å². The molecule has 3 rings (SSSR count). The summed E-state index contributed by atoms with van der Waals surface area (Å²) in [7, 11) is 0. The first-order chi connectivity index (χ1) is 16.0. The van der Waals surface area contributed by atoms with E-state index < -0.39 is 23.8 Å². The number of nitriles is 1. The number of halogens is 1. The van der Waals surface area contributed by atoms with E-state index in [1.807, 2.05) is 36.4 Å². The zero-order chi connectivity index (χ0) is 23.6. The maximum atomic E-state index is 13.5. The predicted molar refractivity (Wildman–Crippen MR) is 118 cm³/mol. The molecule has 8 nitrogen and oxygen atoms in total. The van der Waals surface area contributed by atoms with Gasteiger partial charge in [-0.05, 0) is 48.6 Å². The maximum absolute atomic E-state index is 13.5. The summed E-state index contributed by atoms with van der Waals surface area (Å²) in [4.78, 5) is 24.9. The highest BCUT2D eigenvalue weighted by Gasteiger charge is 2.26. The molecular weight excluding hydrogens is 425 g/mol. The van der Waals surface area contributed by atoms with Crippen molar-refractivity contribution in [2.45, 2.75) is 32.2 Å². The molecule has 0 saturated heterocycles. The first-order valence-electron chi connectivity index (χ1n) is 10.5. The summed E-state index contributed by atoms with van der Waals surface area (Å²) in [5.74, 6) is -1.90. The third-order valence-electron chi connectivity index (χ3n) is 5.10. The lowest BCUT2D eigenvalue weighted by molar-refractivity contribution is -0.148. The summed E-state index contributed by atoms with van der Waals surface area (Å²) in [5.41, 5.74) is 2.64. The van der Waals surface area contributed by atoms with Crippen LogP contribution in [0.5, 0.6) is 0 Å². The van der Waals surface area contributed by atoms with Gasteiger partial charge in [-0.3, -0.25) is 9.59 Å². The topological polar surface area (TPSA) is 121 Å². The SMILES string of the molecule is CCOC(=O)C(CC#N)CC(Cc1ccc(-c2cccc(F)c2)cc1)NC(=O)c1cn[nH]n1. The normalized spacial score (nSPS) is 12.4. The van der Waals surface area contributed by atoms with Gasteiger partial charge >= 0.3 is 5.97 Å². The zero-order valence-corrected chi connectivity index (χ0v) is 18.1. The number of hydrogen-bond acceptors (Lipinski definition) is 6. The van der Waals surface area contributed by atoms with E-state index in [4.69, 9.17) is 10.00 Å². The molecule has 0 aliphatic carbocycles. The Labute approximate surface area is 190 Å². The molecule has 0 aliphatic rings. The van der Waals surface area contributed by atoms with E-state index in [2.05, 4.69) is 20.7 Å². The van der Waals surface area contributed by atoms with Crippen molar-refractivity contribution in [3.05, 3.63) is 71.8 Å². The summed E-state index contributed by atoms with van der Waals surface area (Å²) < 4.78 is 18.6. The number of H-pyrrole nitrogens is 1. The molecule has 1 heterocycles. The van der Waals surface area contributed by atoms with Crippen LogP contribution in [0.1, 0.15) is 35.8 Å². The van der Waals surface area contributed by atoms with E-state index >= 15 is 0 Å². The summed E-state index contributed by atoms with van der Waals surface area (Å²) in [6.45, 7) is 1.91. The molecule has 0 bridgehead atoms. The van der Waals surface area contributed by atoms with Gasteiger partial charge in [0.25, 0.3) is 5.91 Å². The zero-order valence-electron chi connectivity index (χ0n) is 18.1. The van der Waals surface area contributed by atoms with Crippen molar-refractivity contribution < 1.29 is 18.7 Å². The van der Waals surface area contributed by atoms with Gasteiger partial charge in [0.15, 0.2) is 5.69 Å². The molecule has 0 fully saturated rings. The number of hydrogen-bond donors (Lipinski definition) is 2. The van der Waals surface area contributed by atoms with E-state index in [0.717, 1.165) is 16.7 Å². The van der Waals surface area contributed by atoms with Crippen molar-refractivity contribution in [2.24, 2.45) is 5.92 Å². The lowest BCUT2D eigenvalue weighted by Gasteiger charge is -2.22. The summed E-state index contributed by atoms with van der Waals surface area (Å²) >= 11 is 0. The molecule has 1 amide bonds. The van der Waals surface area contributed by atoms with E-state index in [1.165, 1.54) is 18.3 Å². The molecule has 2 N–H and O–H groups in total. The standard InChI is InChI=1S/C24H24FN5O3/c1-2-33-24(32)19(10-11-26)14-21(28-23(31)22-15-27-30-29-22)12-16-6-8-17(9-7-16)18-4-3-5-20(25)13-18/h3-9,13,15,19,21H,2,10,12,14H2,1H3,(H,28,31)(H,27,29,30). The second-order valence-corrected chi connectivity index (χ2v) is 7.48. The van der Waals surface area contributed by atoms with Gasteiger partial charge in [0.05, 0.1) is 24.8 Å². The van der Waals surface area contributed by atoms with Gasteiger partial charge in [-0.25, -0.2) is 4.39 Å². The van der Waals surface area contributed by atoms with Gasteiger partial charge in [0.2, 0.25) is 0 Å². The molecule has 1 aromatic heterocycles. The molecule has 2 aromatic carbocycles. The molecule has 0 saturated carbocycles. The Morgan fingerprint density at radius 3 is 2.64 bits per heavy atom. The van der Waals surface area contributed by atoms with Crippen molar-refractivity contribution in [3.63, 3.8) is 0 Å². The minimum absolute atomic E-state index is 0.0202. The van der Waals surface area contributed by atoms with Crippen LogP contribution in [0.15, 0.2) is 54.7 Å². The second-order valence-electron chi connectivity index (χ2n) is 7.48. The first-order valence-corrected chi connectivity index (χ1v) is 10.5. The molecular formula is C24H24FN5O3. The number of aromatic nitrogens is 3. The van der Waals surface area contributed by atoms with Crippen molar-refractivity contribution in [1.82, 2.24) is 20.7 Å². The number of ether oxygens (including phenoxy) is 1. The number of amides is 1. The van der Waals surface area contributed by atoms with Gasteiger partial charge in [0.1, 0.15) is 5.82 Å². The van der Waals surface area contributed by atoms with Crippen LogP contribution in [0.4, 0.5) is 4.39 Å². The molecule has 9 heteroatoms. The quantitative estimate of drug-likeness (QED) is 0.458. The van der Waals surface area contributed by atoms with E-state index in [-0.39, 0.29) is 31.0 Å². The Kier molecular flexibility index (Phi) is 8.24. The number of carbonyl (C=O) groups is 2. The summed E-state index contributed by atoms with van der Waals surface area (Å²) in [6.07, 6.45) is 1.92. The highest BCUT2D eigenvalue weighted by molar-refractivity contribution is 5.92. The van der Waals surface area contributed by atoms with Crippen LogP contribution in [0.25, 0.3) is 11.1 Å². The van der Waals surface area contributed by atoms with Crippen LogP contribution >= 0.6 is 0 Å². The maximum Gasteiger partial charge on any atom is 0.310 e. The Morgan fingerprint density at radius 1 is 1.21 bits per heavy atom. The van der Waals surface area contributed by atoms with Crippen LogP contribution in [0.3, 0.4) is 0 Å². The average molecular weight is 449 g/mol. The first kappa shape index (κ1) is 23.6. The van der Waals surface area contributed by atoms with Crippen LogP contribution in [-0.4, -0.2) is 39.9 Å². The molecule has 170 valence electrons. The number of benzene rings is 2. The van der Waals surface area contributed by atoms with Crippen molar-refractivity contribution in [1.29, 1.82) is 5.26 Å². The molecule has 33 heavy (non-hydrogen) atoms. The molecule has 2 atom stereocenters. The summed E-state index contributed by atoms with van der Waals surface area (Å²) in [6, 6.07) is 15.4. The summed E-state index contributed by atoms with van der Waals surface area (Å²) in [5, 5.41) is 21.8. The van der Waals surface area contributed by atoms with Crippen LogP contribution in [0, 0.1) is 23.1 Å². The average Bonchev–Trinajstić information content (AvgIpc) is 3.35. The highest BCUT2D eigenvalue weighted by atomic mass is 19.1. The highest BCUT2D eigenvalue weighted by Crippen LogP contribution is 2.22. The number of aromatic amines is 1. The molecule has 3 aromatic rings. The Morgan fingerprint density at radius 2 is 2.00 bits per heavy atom. The van der Waals surface area contributed by atoms with E-state index in [1.54, 1.807) is 13.0 Å². The molecule has 0 aliphatic heterocycles. The van der Waals surface area contributed by atoms with Crippen molar-refractivity contribution in [2.75, 3.05) is 6.61 Å². The lowest BCUT2D eigenvalue weighted by Crippen LogP contribution is -2.39. The minimum atomic E-state index is -0.677. The van der Waals surface area contributed by atoms with Crippen LogP contribution in [0.2, 0.25) is 0 Å². The smallest absolute Gasteiger partial charge is 0.310 e. The molecule has 0 radical (unpaired) electrons. The number of rotatable bonds is 10. The lowest BCUT2D eigenvalue weighted by atomic mass is 9.92. The van der Waals surface area contributed by atoms with Crippen LogP contribution < -0.4 is 5.32 Å². The third-order valence-corrected chi connectivity index (χ3v) is 5.10. The van der Waals surface area contributed by atoms with Gasteiger partial charge in [-0.1, -0.05) is 36.4 Å². The van der Waals surface area contributed by atoms with Crippen molar-refractivity contribution >= 4 is 11.9 Å². The Bertz CT molecular complexity index is 1110. The second kappa shape index (κ2) is 11.5. The minimum Gasteiger partial charge on any atom is -0.466 e. The van der Waals surface area contributed by atoms with E-state index in [0.29, 0.717) is 6.42 Å². The van der Waals surface area contributed by atoms with E-state index in [9.17, 15) is 14.0 Å². The van der Waals surface area contributed by atoms with Crippen LogP contribution in [-0.2, 0) is 16.0 Å². The third kappa shape index (κ3) is 6.71. The largest absolute Gasteiger partial charge is 0.466 e. The predicted octanol–water partition coefficient (Wildman–Crippen LogP) is 3.43. The van der Waals surface area contributed by atoms with Gasteiger partial charge < -0.3 is 10.1 Å². The monoisotopic (exact) mass is 449 g/mol. The Balaban J connectivity index is 1.78. The fourth-order valence-corrected chi connectivity index (χ4v) is 3.53. The fraction of sp³-hybridized carbons (Fsp3) is 0.292. The number of carbonyl (C=O) groups excluding carboxylic acids is 2. The molecule has 2 unspecified atom stereocenters. The van der Waals surface area contributed by atoms with Gasteiger partial charge in [-0.15, -0.1) is 0 Å². The fourth-order valence-electron chi connectivity index (χ4n) is 3.53. The van der Waals surface area contributed by atoms with Gasteiger partial charge in [0, 0.05) is 12.5 Å². The molecule has 0 spiro atoms. The number of nitrogens with one attached hydrogen (secondary N) is 2.